The fourth-order valence-corrected chi connectivity index (χ4v) is 5.78. The highest BCUT2D eigenvalue weighted by molar-refractivity contribution is 6.01. The van der Waals surface area contributed by atoms with Gasteiger partial charge in [0.05, 0.1) is 0 Å². The molecule has 0 aromatic carbocycles. The van der Waals surface area contributed by atoms with E-state index in [2.05, 4.69) is 25.2 Å². The summed E-state index contributed by atoms with van der Waals surface area (Å²) in [6, 6.07) is 0. The maximum atomic E-state index is 11.7. The summed E-state index contributed by atoms with van der Waals surface area (Å²) in [7, 11) is 0. The summed E-state index contributed by atoms with van der Waals surface area (Å²) in [4.78, 5) is 11.7. The Morgan fingerprint density at radius 1 is 1.20 bits per heavy atom. The zero-order valence-corrected chi connectivity index (χ0v) is 12.6. The van der Waals surface area contributed by atoms with Gasteiger partial charge in [0.15, 0.2) is 5.78 Å². The third kappa shape index (κ3) is 1.57. The van der Waals surface area contributed by atoms with E-state index in [-0.39, 0.29) is 11.2 Å². The maximum absolute atomic E-state index is 11.7. The molecule has 3 fully saturated rings. The Morgan fingerprint density at radius 3 is 2.90 bits per heavy atom. The van der Waals surface area contributed by atoms with Crippen LogP contribution in [0.15, 0.2) is 23.8 Å². The molecule has 1 N–H and O–H groups in total. The van der Waals surface area contributed by atoms with Gasteiger partial charge in [0.1, 0.15) is 0 Å². The largest absolute Gasteiger partial charge is 0.311 e. The third-order valence-electron chi connectivity index (χ3n) is 6.93. The van der Waals surface area contributed by atoms with E-state index in [1.54, 1.807) is 0 Å². The van der Waals surface area contributed by atoms with E-state index in [0.29, 0.717) is 5.54 Å². The van der Waals surface area contributed by atoms with E-state index in [4.69, 9.17) is 0 Å². The Labute approximate surface area is 121 Å². The molecule has 0 spiro atoms. The number of rotatable bonds is 0. The topological polar surface area (TPSA) is 29.1 Å². The van der Waals surface area contributed by atoms with Gasteiger partial charge in [-0.05, 0) is 75.5 Å². The van der Waals surface area contributed by atoms with Crippen molar-refractivity contribution in [2.75, 3.05) is 6.54 Å². The molecule has 3 aliphatic carbocycles. The molecule has 2 saturated carbocycles. The number of allylic oxidation sites excluding steroid dienone is 4. The van der Waals surface area contributed by atoms with Gasteiger partial charge in [-0.3, -0.25) is 4.79 Å². The molecule has 1 saturated heterocycles. The molecule has 0 amide bonds. The summed E-state index contributed by atoms with van der Waals surface area (Å²) >= 11 is 0. The number of nitrogens with one attached hydrogen (secondary N) is 1. The van der Waals surface area contributed by atoms with Crippen LogP contribution in [0.4, 0.5) is 0 Å². The number of hydrogen-bond donors (Lipinski definition) is 1. The first kappa shape index (κ1) is 12.8. The van der Waals surface area contributed by atoms with E-state index in [1.807, 2.05) is 12.2 Å². The average Bonchev–Trinajstić information content (AvgIpc) is 2.81. The Kier molecular flexibility index (Phi) is 2.61. The van der Waals surface area contributed by atoms with Crippen molar-refractivity contribution in [1.29, 1.82) is 0 Å². The van der Waals surface area contributed by atoms with Crippen molar-refractivity contribution < 1.29 is 4.79 Å². The highest BCUT2D eigenvalue weighted by Crippen LogP contribution is 2.59. The minimum atomic E-state index is 0.154. The minimum Gasteiger partial charge on any atom is -0.311 e. The van der Waals surface area contributed by atoms with Crippen LogP contribution in [-0.2, 0) is 4.79 Å². The SMILES string of the molecule is CC12CCC3C(CCC4=CC(=O)C=CC43C)C1CCN2. The summed E-state index contributed by atoms with van der Waals surface area (Å²) in [5, 5.41) is 3.77. The molecule has 4 rings (SSSR count). The van der Waals surface area contributed by atoms with Crippen LogP contribution in [0.2, 0.25) is 0 Å². The Morgan fingerprint density at radius 2 is 2.05 bits per heavy atom. The van der Waals surface area contributed by atoms with Crippen molar-refractivity contribution in [2.24, 2.45) is 23.2 Å². The average molecular weight is 271 g/mol. The molecule has 0 radical (unpaired) electrons. The van der Waals surface area contributed by atoms with Gasteiger partial charge in [0.2, 0.25) is 0 Å². The van der Waals surface area contributed by atoms with Crippen LogP contribution in [0, 0.1) is 23.2 Å². The van der Waals surface area contributed by atoms with Crippen molar-refractivity contribution >= 4 is 5.78 Å². The van der Waals surface area contributed by atoms with Crippen LogP contribution >= 0.6 is 0 Å². The van der Waals surface area contributed by atoms with Crippen LogP contribution in [-0.4, -0.2) is 17.9 Å². The Balaban J connectivity index is 1.71. The molecule has 5 unspecified atom stereocenters. The number of fused-ring (bicyclic) bond motifs is 5. The van der Waals surface area contributed by atoms with Crippen molar-refractivity contribution in [3.63, 3.8) is 0 Å². The molecule has 20 heavy (non-hydrogen) atoms. The lowest BCUT2D eigenvalue weighted by molar-refractivity contribution is -0.111. The van der Waals surface area contributed by atoms with E-state index < -0.39 is 0 Å². The maximum Gasteiger partial charge on any atom is 0.178 e. The highest BCUT2D eigenvalue weighted by atomic mass is 16.1. The van der Waals surface area contributed by atoms with Gasteiger partial charge in [0.25, 0.3) is 0 Å². The highest BCUT2D eigenvalue weighted by Gasteiger charge is 2.55. The quantitative estimate of drug-likeness (QED) is 0.733. The molecule has 4 aliphatic rings. The summed E-state index contributed by atoms with van der Waals surface area (Å²) in [6.45, 7) is 6.01. The van der Waals surface area contributed by atoms with Gasteiger partial charge in [-0.15, -0.1) is 0 Å². The number of carbonyl (C=O) groups is 1. The minimum absolute atomic E-state index is 0.154. The molecule has 0 aromatic heterocycles. The third-order valence-corrected chi connectivity index (χ3v) is 6.93. The predicted molar refractivity (Wildman–Crippen MR) is 80.3 cm³/mol. The number of hydrogen-bond acceptors (Lipinski definition) is 2. The molecule has 0 aromatic rings. The second-order valence-electron chi connectivity index (χ2n) is 7.78. The lowest BCUT2D eigenvalue weighted by Crippen LogP contribution is -2.54. The van der Waals surface area contributed by atoms with E-state index in [0.717, 1.165) is 24.2 Å². The molecule has 2 nitrogen and oxygen atoms in total. The molecule has 1 heterocycles. The van der Waals surface area contributed by atoms with Gasteiger partial charge in [0, 0.05) is 11.0 Å². The number of carbonyl (C=O) groups excluding carboxylic acids is 1. The zero-order valence-electron chi connectivity index (χ0n) is 12.6. The first-order valence-electron chi connectivity index (χ1n) is 8.22. The molecule has 5 atom stereocenters. The normalized spacial score (nSPS) is 50.2. The lowest BCUT2D eigenvalue weighted by Gasteiger charge is -2.55. The van der Waals surface area contributed by atoms with E-state index in [1.165, 1.54) is 37.8 Å². The van der Waals surface area contributed by atoms with E-state index >= 15 is 0 Å². The van der Waals surface area contributed by atoms with Crippen molar-refractivity contribution in [1.82, 2.24) is 5.32 Å². The van der Waals surface area contributed by atoms with Gasteiger partial charge in [-0.1, -0.05) is 18.6 Å². The van der Waals surface area contributed by atoms with Crippen LogP contribution in [0.1, 0.15) is 46.0 Å². The smallest absolute Gasteiger partial charge is 0.178 e. The van der Waals surface area contributed by atoms with E-state index in [9.17, 15) is 4.79 Å². The summed E-state index contributed by atoms with van der Waals surface area (Å²) in [6.07, 6.45) is 12.3. The monoisotopic (exact) mass is 271 g/mol. The van der Waals surface area contributed by atoms with Crippen molar-refractivity contribution in [2.45, 2.75) is 51.5 Å². The zero-order chi connectivity index (χ0) is 14.0. The van der Waals surface area contributed by atoms with Crippen LogP contribution < -0.4 is 5.32 Å². The summed E-state index contributed by atoms with van der Waals surface area (Å²) < 4.78 is 0. The number of ketones is 1. The predicted octanol–water partition coefficient (Wildman–Crippen LogP) is 3.25. The first-order chi connectivity index (χ1) is 9.53. The van der Waals surface area contributed by atoms with Crippen LogP contribution in [0.3, 0.4) is 0 Å². The molecule has 108 valence electrons. The molecule has 2 heteroatoms. The molecular weight excluding hydrogens is 246 g/mol. The Bertz CT molecular complexity index is 520. The second kappa shape index (κ2) is 4.07. The van der Waals surface area contributed by atoms with Gasteiger partial charge < -0.3 is 5.32 Å². The van der Waals surface area contributed by atoms with Crippen molar-refractivity contribution in [3.05, 3.63) is 23.8 Å². The summed E-state index contributed by atoms with van der Waals surface area (Å²) in [5.41, 5.74) is 1.94. The fourth-order valence-electron chi connectivity index (χ4n) is 5.78. The van der Waals surface area contributed by atoms with Crippen LogP contribution in [0.25, 0.3) is 0 Å². The van der Waals surface area contributed by atoms with Gasteiger partial charge in [-0.25, -0.2) is 0 Å². The molecule has 1 aliphatic heterocycles. The fraction of sp³-hybridized carbons (Fsp3) is 0.722. The van der Waals surface area contributed by atoms with Crippen LogP contribution in [0.5, 0.6) is 0 Å². The van der Waals surface area contributed by atoms with Gasteiger partial charge >= 0.3 is 0 Å². The lowest BCUT2D eigenvalue weighted by atomic mass is 9.50. The van der Waals surface area contributed by atoms with Gasteiger partial charge in [-0.2, -0.15) is 0 Å². The first-order valence-corrected chi connectivity index (χ1v) is 8.22. The standard InChI is InChI=1S/C18H25NO/c1-17-8-5-13(20)11-12(17)3-4-14-15(17)6-9-18(2)16(14)7-10-19-18/h5,8,11,14-16,19H,3-4,6-7,9-10H2,1-2H3. The molecular formula is C18H25NO. The second-order valence-corrected chi connectivity index (χ2v) is 7.78. The summed E-state index contributed by atoms with van der Waals surface area (Å²) in [5.74, 6) is 2.61. The Hall–Kier alpha value is -0.890. The molecule has 0 bridgehead atoms. The van der Waals surface area contributed by atoms with Crippen molar-refractivity contribution in [3.8, 4) is 0 Å².